The second-order valence-corrected chi connectivity index (χ2v) is 5.77. The molecule has 3 N–H and O–H groups in total. The first-order valence-electron chi connectivity index (χ1n) is 7.39. The monoisotopic (exact) mass is 294 g/mol. The van der Waals surface area contributed by atoms with E-state index in [2.05, 4.69) is 15.3 Å². The Morgan fingerprint density at radius 1 is 1.43 bits per heavy atom. The van der Waals surface area contributed by atoms with E-state index in [1.165, 1.54) is 0 Å². The van der Waals surface area contributed by atoms with E-state index in [-0.39, 0.29) is 17.2 Å². The van der Waals surface area contributed by atoms with Gasteiger partial charge in [0.05, 0.1) is 24.5 Å². The number of ether oxygens (including phenoxy) is 1. The van der Waals surface area contributed by atoms with Gasteiger partial charge in [-0.05, 0) is 6.42 Å². The lowest BCUT2D eigenvalue weighted by molar-refractivity contribution is 0.0995. The minimum absolute atomic E-state index is 0.183. The summed E-state index contributed by atoms with van der Waals surface area (Å²) in [6, 6.07) is 0.183. The second-order valence-electron chi connectivity index (χ2n) is 5.77. The third-order valence-corrected chi connectivity index (χ3v) is 2.98. The molecule has 1 saturated heterocycles. The molecular formula is C15H26N4O2. The highest BCUT2D eigenvalue weighted by molar-refractivity contribution is 5.96. The molecular weight excluding hydrogens is 268 g/mol. The minimum Gasteiger partial charge on any atom is -0.379 e. The molecule has 1 aliphatic heterocycles. The van der Waals surface area contributed by atoms with Crippen LogP contribution in [0.1, 0.15) is 57.4 Å². The normalized spacial score (nSPS) is 17.9. The van der Waals surface area contributed by atoms with Gasteiger partial charge in [-0.1, -0.05) is 34.6 Å². The summed E-state index contributed by atoms with van der Waals surface area (Å²) < 4.78 is 5.29. The Morgan fingerprint density at radius 2 is 2.10 bits per heavy atom. The molecule has 1 aromatic rings. The summed E-state index contributed by atoms with van der Waals surface area (Å²) in [4.78, 5) is 20.1. The average Bonchev–Trinajstić information content (AvgIpc) is 2.93. The summed E-state index contributed by atoms with van der Waals surface area (Å²) in [5, 5.41) is 3.22. The van der Waals surface area contributed by atoms with Crippen LogP contribution in [0, 0.1) is 0 Å². The van der Waals surface area contributed by atoms with E-state index in [0.29, 0.717) is 18.1 Å². The Kier molecular flexibility index (Phi) is 6.08. The van der Waals surface area contributed by atoms with Crippen molar-refractivity contribution in [2.75, 3.05) is 18.5 Å². The smallest absolute Gasteiger partial charge is 0.269 e. The molecule has 6 nitrogen and oxygen atoms in total. The molecule has 1 aliphatic rings. The summed E-state index contributed by atoms with van der Waals surface area (Å²) in [5.74, 6) is 0.0591. The molecule has 21 heavy (non-hydrogen) atoms. The maximum atomic E-state index is 11.5. The third kappa shape index (κ3) is 4.67. The van der Waals surface area contributed by atoms with Gasteiger partial charge in [0, 0.05) is 12.0 Å². The Hall–Kier alpha value is -1.69. The van der Waals surface area contributed by atoms with Gasteiger partial charge in [-0.3, -0.25) is 4.79 Å². The zero-order valence-electron chi connectivity index (χ0n) is 13.6. The van der Waals surface area contributed by atoms with E-state index in [1.54, 1.807) is 6.20 Å². The lowest BCUT2D eigenvalue weighted by Gasteiger charge is -2.19. The number of carbonyl (C=O) groups excluding carboxylic acids is 1. The zero-order valence-corrected chi connectivity index (χ0v) is 13.6. The van der Waals surface area contributed by atoms with Gasteiger partial charge in [0.2, 0.25) is 0 Å². The van der Waals surface area contributed by atoms with E-state index in [9.17, 15) is 4.79 Å². The molecule has 0 radical (unpaired) electrons. The fourth-order valence-electron chi connectivity index (χ4n) is 1.90. The van der Waals surface area contributed by atoms with Crippen molar-refractivity contribution < 1.29 is 9.53 Å². The molecule has 0 saturated carbocycles. The summed E-state index contributed by atoms with van der Waals surface area (Å²) in [6.45, 7) is 11.3. The molecule has 1 aromatic heterocycles. The highest BCUT2D eigenvalue weighted by atomic mass is 16.5. The van der Waals surface area contributed by atoms with Gasteiger partial charge in [-0.25, -0.2) is 9.97 Å². The van der Waals surface area contributed by atoms with Crippen molar-refractivity contribution in [1.82, 2.24) is 9.97 Å². The van der Waals surface area contributed by atoms with E-state index in [0.717, 1.165) is 13.0 Å². The molecule has 0 aromatic carbocycles. The molecule has 2 heterocycles. The number of nitrogens with zero attached hydrogens (tertiary/aromatic N) is 2. The number of nitrogens with one attached hydrogen (secondary N) is 1. The highest BCUT2D eigenvalue weighted by Gasteiger charge is 2.23. The number of amides is 1. The van der Waals surface area contributed by atoms with Gasteiger partial charge in [0.15, 0.2) is 5.69 Å². The summed E-state index contributed by atoms with van der Waals surface area (Å²) >= 11 is 0. The van der Waals surface area contributed by atoms with E-state index >= 15 is 0 Å². The molecule has 1 atom stereocenters. The predicted molar refractivity (Wildman–Crippen MR) is 83.4 cm³/mol. The molecule has 2 rings (SSSR count). The Morgan fingerprint density at radius 3 is 2.57 bits per heavy atom. The van der Waals surface area contributed by atoms with E-state index in [1.807, 2.05) is 34.6 Å². The summed E-state index contributed by atoms with van der Waals surface area (Å²) in [6.07, 6.45) is 2.53. The number of nitrogens with two attached hydrogens (primary N) is 1. The summed E-state index contributed by atoms with van der Waals surface area (Å²) in [7, 11) is 0. The largest absolute Gasteiger partial charge is 0.379 e. The first kappa shape index (κ1) is 17.4. The van der Waals surface area contributed by atoms with Crippen LogP contribution in [-0.4, -0.2) is 35.1 Å². The molecule has 0 spiro atoms. The van der Waals surface area contributed by atoms with Crippen LogP contribution in [0.25, 0.3) is 0 Å². The minimum atomic E-state index is -0.547. The van der Waals surface area contributed by atoms with E-state index in [4.69, 9.17) is 10.5 Å². The van der Waals surface area contributed by atoms with Crippen molar-refractivity contribution in [2.24, 2.45) is 5.73 Å². The lowest BCUT2D eigenvalue weighted by atomic mass is 9.95. The number of anilines is 1. The molecule has 0 bridgehead atoms. The number of hydrogen-bond acceptors (Lipinski definition) is 5. The van der Waals surface area contributed by atoms with Gasteiger partial charge in [-0.15, -0.1) is 0 Å². The third-order valence-electron chi connectivity index (χ3n) is 2.98. The van der Waals surface area contributed by atoms with Crippen LogP contribution in [0.2, 0.25) is 0 Å². The fraction of sp³-hybridized carbons (Fsp3) is 0.667. The van der Waals surface area contributed by atoms with Gasteiger partial charge in [0.25, 0.3) is 5.91 Å². The van der Waals surface area contributed by atoms with Crippen molar-refractivity contribution in [3.63, 3.8) is 0 Å². The molecule has 1 amide bonds. The van der Waals surface area contributed by atoms with Crippen LogP contribution < -0.4 is 11.1 Å². The van der Waals surface area contributed by atoms with Crippen molar-refractivity contribution in [2.45, 2.75) is 52.5 Å². The first-order chi connectivity index (χ1) is 9.88. The number of rotatable bonds is 3. The van der Waals surface area contributed by atoms with Crippen molar-refractivity contribution in [1.29, 1.82) is 0 Å². The molecule has 118 valence electrons. The average molecular weight is 294 g/mol. The Balaban J connectivity index is 0.00000106. The number of carbonyl (C=O) groups is 1. The van der Waals surface area contributed by atoms with Crippen LogP contribution >= 0.6 is 0 Å². The Labute approximate surface area is 126 Å². The van der Waals surface area contributed by atoms with Crippen molar-refractivity contribution >= 4 is 11.6 Å². The quantitative estimate of drug-likeness (QED) is 0.891. The van der Waals surface area contributed by atoms with Crippen LogP contribution in [0.3, 0.4) is 0 Å². The summed E-state index contributed by atoms with van der Waals surface area (Å²) in [5.41, 5.74) is 6.00. The van der Waals surface area contributed by atoms with Crippen molar-refractivity contribution in [3.05, 3.63) is 17.7 Å². The maximum absolute atomic E-state index is 11.5. The maximum Gasteiger partial charge on any atom is 0.269 e. The van der Waals surface area contributed by atoms with Gasteiger partial charge in [-0.2, -0.15) is 0 Å². The second kappa shape index (κ2) is 7.36. The van der Waals surface area contributed by atoms with E-state index < -0.39 is 5.91 Å². The van der Waals surface area contributed by atoms with Crippen LogP contribution in [0.15, 0.2) is 6.20 Å². The highest BCUT2D eigenvalue weighted by Crippen LogP contribution is 2.22. The van der Waals surface area contributed by atoms with Gasteiger partial charge >= 0.3 is 0 Å². The number of hydrogen-bond donors (Lipinski definition) is 2. The SMILES string of the molecule is CC.CC(C)(C)c1ncc(NC2CCOC2)c(C(N)=O)n1. The molecule has 1 unspecified atom stereocenters. The molecule has 0 aliphatic carbocycles. The molecule has 6 heteroatoms. The molecule has 1 fully saturated rings. The first-order valence-corrected chi connectivity index (χ1v) is 7.39. The lowest BCUT2D eigenvalue weighted by Crippen LogP contribution is -2.26. The topological polar surface area (TPSA) is 90.1 Å². The van der Waals surface area contributed by atoms with Crippen LogP contribution in [-0.2, 0) is 10.2 Å². The van der Waals surface area contributed by atoms with Crippen LogP contribution in [0.5, 0.6) is 0 Å². The zero-order chi connectivity index (χ0) is 16.0. The predicted octanol–water partition coefficient (Wildman–Crippen LogP) is 2.10. The Bertz CT molecular complexity index is 477. The fourth-order valence-corrected chi connectivity index (χ4v) is 1.90. The van der Waals surface area contributed by atoms with Gasteiger partial charge in [0.1, 0.15) is 5.82 Å². The number of primary amides is 1. The number of aromatic nitrogens is 2. The van der Waals surface area contributed by atoms with Gasteiger partial charge < -0.3 is 15.8 Å². The van der Waals surface area contributed by atoms with Crippen LogP contribution in [0.4, 0.5) is 5.69 Å². The van der Waals surface area contributed by atoms with Crippen molar-refractivity contribution in [3.8, 4) is 0 Å². The standard InChI is InChI=1S/C13H20N4O2.C2H6/c1-13(2,3)12-15-6-9(10(17-12)11(14)18)16-8-4-5-19-7-8;1-2/h6,8,16H,4-5,7H2,1-3H3,(H2,14,18);1-2H3.